The fourth-order valence-electron chi connectivity index (χ4n) is 5.48. The van der Waals surface area contributed by atoms with Gasteiger partial charge in [0, 0.05) is 18.9 Å². The summed E-state index contributed by atoms with van der Waals surface area (Å²) >= 11 is 0. The molecular formula is C18H29NO5. The Kier molecular flexibility index (Phi) is 3.95. The van der Waals surface area contributed by atoms with Crippen molar-refractivity contribution < 1.29 is 24.0 Å². The summed E-state index contributed by atoms with van der Waals surface area (Å²) in [6.45, 7) is 8.82. The topological polar surface area (TPSA) is 66.0 Å². The largest absolute Gasteiger partial charge is 0.354 e. The normalized spacial score (nSPS) is 53.2. The lowest BCUT2D eigenvalue weighted by Crippen LogP contribution is -2.71. The van der Waals surface area contributed by atoms with Gasteiger partial charge in [-0.05, 0) is 50.9 Å². The summed E-state index contributed by atoms with van der Waals surface area (Å²) in [4.78, 5) is 24.3. The molecule has 5 aliphatic rings. The molecule has 0 aromatic heterocycles. The van der Waals surface area contributed by atoms with Gasteiger partial charge in [-0.3, -0.25) is 4.79 Å². The minimum absolute atomic E-state index is 0.0511. The van der Waals surface area contributed by atoms with Gasteiger partial charge in [0.15, 0.2) is 11.9 Å². The van der Waals surface area contributed by atoms with Crippen LogP contribution in [0, 0.1) is 23.7 Å². The van der Waals surface area contributed by atoms with Crippen molar-refractivity contribution in [1.29, 1.82) is 0 Å². The van der Waals surface area contributed by atoms with Crippen molar-refractivity contribution in [3.8, 4) is 0 Å². The number of ether oxygens (including phenoxy) is 2. The van der Waals surface area contributed by atoms with Crippen LogP contribution < -0.4 is 5.32 Å². The molecule has 1 aliphatic carbocycles. The lowest BCUT2D eigenvalue weighted by Gasteiger charge is -2.60. The number of amides is 1. The fraction of sp³-hybridized carbons (Fsp3) is 0.944. The third-order valence-electron chi connectivity index (χ3n) is 6.77. The Hall–Kier alpha value is -0.690. The SMILES string of the molecule is CCNC(=O)[C@@H]1O[C@@H]2O[C@@]3(C)CC[C@H]4[C@H](C)CC[C@@H]([C@H]1C)[C@@]24OO3. The van der Waals surface area contributed by atoms with Crippen LogP contribution in [-0.4, -0.2) is 36.2 Å². The predicted molar refractivity (Wildman–Crippen MR) is 85.5 cm³/mol. The van der Waals surface area contributed by atoms with E-state index < -0.39 is 23.8 Å². The maximum absolute atomic E-state index is 12.5. The van der Waals surface area contributed by atoms with Crippen LogP contribution in [0.4, 0.5) is 0 Å². The van der Waals surface area contributed by atoms with E-state index in [1.54, 1.807) is 0 Å². The molecule has 1 spiro atoms. The number of rotatable bonds is 2. The van der Waals surface area contributed by atoms with Gasteiger partial charge in [0.2, 0.25) is 11.7 Å². The van der Waals surface area contributed by atoms with E-state index in [1.807, 2.05) is 13.8 Å². The van der Waals surface area contributed by atoms with Crippen molar-refractivity contribution >= 4 is 5.91 Å². The summed E-state index contributed by atoms with van der Waals surface area (Å²) in [5.41, 5.74) is -0.587. The number of nitrogens with one attached hydrogen (secondary N) is 1. The second kappa shape index (κ2) is 5.66. The van der Waals surface area contributed by atoms with Crippen molar-refractivity contribution in [2.24, 2.45) is 23.7 Å². The molecule has 4 aliphatic heterocycles. The molecule has 4 heterocycles. The molecule has 6 heteroatoms. The highest BCUT2D eigenvalue weighted by Crippen LogP contribution is 2.60. The molecule has 2 bridgehead atoms. The van der Waals surface area contributed by atoms with Gasteiger partial charge < -0.3 is 14.8 Å². The molecule has 0 aromatic carbocycles. The van der Waals surface area contributed by atoms with Crippen molar-refractivity contribution in [1.82, 2.24) is 5.32 Å². The first-order chi connectivity index (χ1) is 11.4. The first-order valence-corrected chi connectivity index (χ1v) is 9.39. The van der Waals surface area contributed by atoms with E-state index in [-0.39, 0.29) is 17.7 Å². The Balaban J connectivity index is 1.73. The van der Waals surface area contributed by atoms with Gasteiger partial charge in [-0.25, -0.2) is 9.78 Å². The molecule has 5 fully saturated rings. The third kappa shape index (κ3) is 2.19. The number of carbonyl (C=O) groups is 1. The van der Waals surface area contributed by atoms with Crippen LogP contribution in [-0.2, 0) is 24.0 Å². The third-order valence-corrected chi connectivity index (χ3v) is 6.77. The quantitative estimate of drug-likeness (QED) is 0.783. The van der Waals surface area contributed by atoms with Crippen molar-refractivity contribution in [3.63, 3.8) is 0 Å². The van der Waals surface area contributed by atoms with E-state index in [4.69, 9.17) is 19.2 Å². The van der Waals surface area contributed by atoms with Gasteiger partial charge in [0.05, 0.1) is 0 Å². The minimum Gasteiger partial charge on any atom is -0.354 e. The lowest BCUT2D eigenvalue weighted by atomic mass is 9.57. The number of likely N-dealkylation sites (N-methyl/N-ethyl adjacent to an activating group) is 1. The summed E-state index contributed by atoms with van der Waals surface area (Å²) in [7, 11) is 0. The Morgan fingerprint density at radius 3 is 2.71 bits per heavy atom. The Bertz CT molecular complexity index is 528. The smallest absolute Gasteiger partial charge is 0.249 e. The molecule has 8 atom stereocenters. The first kappa shape index (κ1) is 16.8. The molecule has 0 radical (unpaired) electrons. The van der Waals surface area contributed by atoms with E-state index in [9.17, 15) is 4.79 Å². The van der Waals surface area contributed by atoms with E-state index in [1.165, 1.54) is 0 Å². The average molecular weight is 339 g/mol. The molecule has 1 amide bonds. The van der Waals surface area contributed by atoms with Gasteiger partial charge in [-0.15, -0.1) is 0 Å². The van der Waals surface area contributed by atoms with Crippen molar-refractivity contribution in [2.45, 2.75) is 77.2 Å². The highest BCUT2D eigenvalue weighted by atomic mass is 17.3. The molecule has 1 saturated carbocycles. The Labute approximate surface area is 143 Å². The van der Waals surface area contributed by atoms with Crippen LogP contribution in [0.3, 0.4) is 0 Å². The maximum Gasteiger partial charge on any atom is 0.249 e. The van der Waals surface area contributed by atoms with E-state index >= 15 is 0 Å². The zero-order valence-electron chi connectivity index (χ0n) is 15.0. The molecular weight excluding hydrogens is 310 g/mol. The lowest BCUT2D eigenvalue weighted by molar-refractivity contribution is -0.569. The second-order valence-electron chi connectivity index (χ2n) is 8.22. The molecule has 0 aromatic rings. The van der Waals surface area contributed by atoms with Crippen LogP contribution in [0.2, 0.25) is 0 Å². The first-order valence-electron chi connectivity index (χ1n) is 9.39. The van der Waals surface area contributed by atoms with Gasteiger partial charge >= 0.3 is 0 Å². The van der Waals surface area contributed by atoms with Crippen LogP contribution in [0.15, 0.2) is 0 Å². The van der Waals surface area contributed by atoms with Gasteiger partial charge in [-0.1, -0.05) is 13.8 Å². The summed E-state index contributed by atoms with van der Waals surface area (Å²) in [5, 5.41) is 2.90. The summed E-state index contributed by atoms with van der Waals surface area (Å²) in [6.07, 6.45) is 2.92. The standard InChI is InChI=1S/C18H29NO5/c1-5-19-15(20)14-11(3)13-7-6-10(2)12-8-9-17(4)22-16(21-14)18(12,13)24-23-17/h10-14,16H,5-9H2,1-4H3,(H,19,20)/t10-,11-,12+,13+,14-,16-,17-,18-/m1/s1. The molecule has 1 N–H and O–H groups in total. The van der Waals surface area contributed by atoms with Gasteiger partial charge in [-0.2, -0.15) is 0 Å². The highest BCUT2D eigenvalue weighted by Gasteiger charge is 2.69. The van der Waals surface area contributed by atoms with Crippen molar-refractivity contribution in [3.05, 3.63) is 0 Å². The van der Waals surface area contributed by atoms with Crippen LogP contribution in [0.1, 0.15) is 53.4 Å². The van der Waals surface area contributed by atoms with E-state index in [0.717, 1.165) is 25.7 Å². The summed E-state index contributed by atoms with van der Waals surface area (Å²) in [6, 6.07) is 0. The molecule has 24 heavy (non-hydrogen) atoms. The summed E-state index contributed by atoms with van der Waals surface area (Å²) < 4.78 is 12.5. The number of carbonyl (C=O) groups excluding carboxylic acids is 1. The van der Waals surface area contributed by atoms with Crippen LogP contribution in [0.5, 0.6) is 0 Å². The number of hydrogen-bond acceptors (Lipinski definition) is 5. The van der Waals surface area contributed by atoms with Gasteiger partial charge in [0.25, 0.3) is 0 Å². The molecule has 5 rings (SSSR count). The fourth-order valence-corrected chi connectivity index (χ4v) is 5.48. The second-order valence-corrected chi connectivity index (χ2v) is 8.22. The Morgan fingerprint density at radius 1 is 1.17 bits per heavy atom. The molecule has 0 unspecified atom stereocenters. The van der Waals surface area contributed by atoms with E-state index in [2.05, 4.69) is 19.2 Å². The van der Waals surface area contributed by atoms with Gasteiger partial charge in [0.1, 0.15) is 6.10 Å². The monoisotopic (exact) mass is 339 g/mol. The maximum atomic E-state index is 12.5. The highest BCUT2D eigenvalue weighted by molar-refractivity contribution is 5.81. The molecule has 4 saturated heterocycles. The summed E-state index contributed by atoms with van der Waals surface area (Å²) in [5.74, 6) is 0.301. The van der Waals surface area contributed by atoms with Crippen molar-refractivity contribution in [2.75, 3.05) is 6.54 Å². The predicted octanol–water partition coefficient (Wildman–Crippen LogP) is 2.37. The van der Waals surface area contributed by atoms with Crippen LogP contribution >= 0.6 is 0 Å². The minimum atomic E-state index is -0.788. The Morgan fingerprint density at radius 2 is 1.96 bits per heavy atom. The van der Waals surface area contributed by atoms with E-state index in [0.29, 0.717) is 18.4 Å². The zero-order chi connectivity index (χ0) is 17.1. The number of hydrogen-bond donors (Lipinski definition) is 1. The molecule has 136 valence electrons. The average Bonchev–Trinajstić information content (AvgIpc) is 2.77. The molecule has 6 nitrogen and oxygen atoms in total. The van der Waals surface area contributed by atoms with Crippen LogP contribution in [0.25, 0.3) is 0 Å². The number of fused-ring (bicyclic) bond motifs is 2. The zero-order valence-corrected chi connectivity index (χ0v) is 15.0.